The molecule has 0 radical (unpaired) electrons. The summed E-state index contributed by atoms with van der Waals surface area (Å²) in [6.45, 7) is 3.44. The second-order valence-electron chi connectivity index (χ2n) is 4.41. The van der Waals surface area contributed by atoms with Crippen LogP contribution in [0.1, 0.15) is 30.4 Å². The van der Waals surface area contributed by atoms with Gasteiger partial charge < -0.3 is 0 Å². The minimum atomic E-state index is 1.00. The molecule has 2 heteroatoms. The molecule has 1 N–H and O–H groups in total. The van der Waals surface area contributed by atoms with Gasteiger partial charge in [-0.1, -0.05) is 18.2 Å². The maximum absolute atomic E-state index is 3.53. The molecule has 0 atom stereocenters. The number of nitrogens with zero attached hydrogens (tertiary/aromatic N) is 1. The number of nitrogens with one attached hydrogen (secondary N) is 1. The predicted octanol–water partition coefficient (Wildman–Crippen LogP) is 1.73. The van der Waals surface area contributed by atoms with Gasteiger partial charge in [-0.25, -0.2) is 0 Å². The van der Waals surface area contributed by atoms with E-state index in [0.29, 0.717) is 0 Å². The van der Waals surface area contributed by atoms with Crippen molar-refractivity contribution in [2.75, 3.05) is 13.1 Å². The van der Waals surface area contributed by atoms with Crippen molar-refractivity contribution >= 4 is 5.84 Å². The van der Waals surface area contributed by atoms with Crippen molar-refractivity contribution in [2.24, 2.45) is 0 Å². The molecule has 2 heterocycles. The van der Waals surface area contributed by atoms with E-state index in [9.17, 15) is 0 Å². The topological polar surface area (TPSA) is 15.0 Å². The van der Waals surface area contributed by atoms with E-state index in [-0.39, 0.29) is 0 Å². The summed E-state index contributed by atoms with van der Waals surface area (Å²) in [5.41, 5.74) is 2.86. The third kappa shape index (κ3) is 1.54. The molecule has 0 spiro atoms. The summed E-state index contributed by atoms with van der Waals surface area (Å²) in [4.78, 5) is 0. The molecule has 1 aromatic carbocycles. The molecule has 0 unspecified atom stereocenters. The largest absolute Gasteiger partial charge is 0.277 e. The van der Waals surface area contributed by atoms with Gasteiger partial charge in [-0.2, -0.15) is 0 Å². The maximum atomic E-state index is 3.53. The zero-order valence-corrected chi connectivity index (χ0v) is 9.00. The molecule has 1 saturated heterocycles. The second-order valence-corrected chi connectivity index (χ2v) is 4.41. The summed E-state index contributed by atoms with van der Waals surface area (Å²) < 4.78 is 2.51. The van der Waals surface area contributed by atoms with E-state index in [1.54, 1.807) is 0 Å². The van der Waals surface area contributed by atoms with Gasteiger partial charge in [-0.05, 0) is 25.3 Å². The van der Waals surface area contributed by atoms with Gasteiger partial charge in [-0.3, -0.25) is 9.89 Å². The number of amidine groups is 1. The number of piperidine rings is 1. The normalized spacial score (nSPS) is 20.0. The van der Waals surface area contributed by atoms with Gasteiger partial charge in [-0.15, -0.1) is 0 Å². The molecule has 0 amide bonds. The molecule has 2 nitrogen and oxygen atoms in total. The predicted molar refractivity (Wildman–Crippen MR) is 61.2 cm³/mol. The van der Waals surface area contributed by atoms with Crippen LogP contribution in [0.5, 0.6) is 0 Å². The van der Waals surface area contributed by atoms with Crippen LogP contribution in [0, 0.1) is 0 Å². The average Bonchev–Trinajstić information content (AvgIpc) is 2.74. The first-order valence-electron chi connectivity index (χ1n) is 5.89. The number of fused-ring (bicyclic) bond motifs is 1. The summed E-state index contributed by atoms with van der Waals surface area (Å²) in [7, 11) is 0. The van der Waals surface area contributed by atoms with Gasteiger partial charge in [0.05, 0.1) is 18.7 Å². The molecule has 2 aliphatic heterocycles. The fourth-order valence-corrected chi connectivity index (χ4v) is 2.58. The lowest BCUT2D eigenvalue weighted by Crippen LogP contribution is -2.33. The van der Waals surface area contributed by atoms with Crippen molar-refractivity contribution in [1.82, 2.24) is 5.32 Å². The molecule has 0 bridgehead atoms. The highest BCUT2D eigenvalue weighted by atomic mass is 15.1. The van der Waals surface area contributed by atoms with Gasteiger partial charge in [0.25, 0.3) is 5.84 Å². The summed E-state index contributed by atoms with van der Waals surface area (Å²) >= 11 is 0. The lowest BCUT2D eigenvalue weighted by molar-refractivity contribution is -0.538. The summed E-state index contributed by atoms with van der Waals surface area (Å²) in [5.74, 6) is 1.37. The molecule has 0 aliphatic carbocycles. The molecule has 1 aromatic rings. The van der Waals surface area contributed by atoms with Gasteiger partial charge in [0.15, 0.2) is 0 Å². The van der Waals surface area contributed by atoms with E-state index in [2.05, 4.69) is 34.2 Å². The molecule has 3 rings (SSSR count). The Hall–Kier alpha value is -1.31. The Bertz CT molecular complexity index is 399. The molecule has 2 aliphatic rings. The summed E-state index contributed by atoms with van der Waals surface area (Å²) in [6, 6.07) is 8.72. The number of benzene rings is 1. The van der Waals surface area contributed by atoms with Crippen LogP contribution in [0.4, 0.5) is 0 Å². The van der Waals surface area contributed by atoms with E-state index < -0.39 is 0 Å². The first-order valence-corrected chi connectivity index (χ1v) is 5.89. The third-order valence-corrected chi connectivity index (χ3v) is 3.39. The highest BCUT2D eigenvalue weighted by Gasteiger charge is 2.26. The monoisotopic (exact) mass is 201 g/mol. The fourth-order valence-electron chi connectivity index (χ4n) is 2.58. The Morgan fingerprint density at radius 1 is 1.00 bits per heavy atom. The highest BCUT2D eigenvalue weighted by molar-refractivity contribution is 5.98. The van der Waals surface area contributed by atoms with Gasteiger partial charge in [0.2, 0.25) is 0 Å². The van der Waals surface area contributed by atoms with E-state index in [1.165, 1.54) is 49.3 Å². The molecular weight excluding hydrogens is 184 g/mol. The Balaban J connectivity index is 2.01. The van der Waals surface area contributed by atoms with E-state index in [0.717, 1.165) is 6.54 Å². The van der Waals surface area contributed by atoms with Crippen LogP contribution in [-0.4, -0.2) is 23.5 Å². The lowest BCUT2D eigenvalue weighted by atomic mass is 10.1. The molecule has 0 saturated carbocycles. The fraction of sp³-hybridized carbons (Fsp3) is 0.462. The molecule has 78 valence electrons. The Morgan fingerprint density at radius 2 is 1.80 bits per heavy atom. The summed E-state index contributed by atoms with van der Waals surface area (Å²) in [6.07, 6.45) is 4.08. The minimum absolute atomic E-state index is 1.00. The van der Waals surface area contributed by atoms with Crippen LogP contribution in [0.15, 0.2) is 24.3 Å². The zero-order chi connectivity index (χ0) is 10.1. The zero-order valence-electron chi connectivity index (χ0n) is 9.00. The highest BCUT2D eigenvalue weighted by Crippen LogP contribution is 2.16. The molecule has 15 heavy (non-hydrogen) atoms. The van der Waals surface area contributed by atoms with Crippen LogP contribution in [-0.2, 0) is 6.54 Å². The van der Waals surface area contributed by atoms with Crippen molar-refractivity contribution < 1.29 is 4.58 Å². The van der Waals surface area contributed by atoms with Crippen molar-refractivity contribution in [1.29, 1.82) is 0 Å². The van der Waals surface area contributed by atoms with Crippen LogP contribution in [0.25, 0.3) is 0 Å². The standard InChI is InChI=1S/C13H16N2/c1-4-8-15(9-5-1)13-12-7-3-2-6-11(12)10-14-13/h2-3,6-7H,1,4-5,8-10H2/p+1. The second kappa shape index (κ2) is 3.69. The third-order valence-electron chi connectivity index (χ3n) is 3.39. The Labute approximate surface area is 90.6 Å². The van der Waals surface area contributed by atoms with Crippen molar-refractivity contribution in [2.45, 2.75) is 25.8 Å². The van der Waals surface area contributed by atoms with Crippen molar-refractivity contribution in [3.05, 3.63) is 35.4 Å². The first kappa shape index (κ1) is 8.96. The Kier molecular flexibility index (Phi) is 2.20. The van der Waals surface area contributed by atoms with Crippen LogP contribution in [0.2, 0.25) is 0 Å². The van der Waals surface area contributed by atoms with Gasteiger partial charge >= 0.3 is 0 Å². The van der Waals surface area contributed by atoms with Gasteiger partial charge in [0.1, 0.15) is 6.54 Å². The SMILES string of the molecule is c1ccc2c(c1)CNC2=[N+]1CCCCC1. The van der Waals surface area contributed by atoms with E-state index in [1.807, 2.05) is 0 Å². The van der Waals surface area contributed by atoms with Crippen LogP contribution >= 0.6 is 0 Å². The lowest BCUT2D eigenvalue weighted by Gasteiger charge is -2.14. The number of rotatable bonds is 0. The van der Waals surface area contributed by atoms with E-state index in [4.69, 9.17) is 0 Å². The van der Waals surface area contributed by atoms with Crippen molar-refractivity contribution in [3.8, 4) is 0 Å². The van der Waals surface area contributed by atoms with Crippen molar-refractivity contribution in [3.63, 3.8) is 0 Å². The molecule has 1 fully saturated rings. The smallest absolute Gasteiger partial charge is 0.270 e. The van der Waals surface area contributed by atoms with Crippen LogP contribution < -0.4 is 5.32 Å². The average molecular weight is 201 g/mol. The minimum Gasteiger partial charge on any atom is -0.270 e. The molecular formula is C13H17N2+. The van der Waals surface area contributed by atoms with E-state index >= 15 is 0 Å². The van der Waals surface area contributed by atoms with Crippen LogP contribution in [0.3, 0.4) is 0 Å². The maximum Gasteiger partial charge on any atom is 0.277 e. The first-order chi connectivity index (χ1) is 7.45. The van der Waals surface area contributed by atoms with Gasteiger partial charge in [0, 0.05) is 5.56 Å². The Morgan fingerprint density at radius 3 is 2.67 bits per heavy atom. The number of hydrogen-bond donors (Lipinski definition) is 1. The summed E-state index contributed by atoms with van der Waals surface area (Å²) in [5, 5.41) is 3.53. The molecule has 0 aromatic heterocycles. The quantitative estimate of drug-likeness (QED) is 0.632. The number of hydrogen-bond acceptors (Lipinski definition) is 0.